The maximum Gasteiger partial charge on any atom is 0.530 e. The van der Waals surface area contributed by atoms with Gasteiger partial charge in [-0.1, -0.05) is 54.6 Å². The predicted molar refractivity (Wildman–Crippen MR) is 106 cm³/mol. The van der Waals surface area contributed by atoms with Crippen molar-refractivity contribution in [3.05, 3.63) is 91.0 Å². The first-order valence-electron chi connectivity index (χ1n) is 8.00. The number of ether oxygens (including phenoxy) is 1. The van der Waals surface area contributed by atoms with E-state index in [0.29, 0.717) is 17.2 Å². The Morgan fingerprint density at radius 3 is 1.15 bits per heavy atom. The molecule has 136 valence electrons. The SMILES string of the molecule is [B]C(=O)OC.c1ccc(OP(Oc2ccccc2)Oc2ccccc2)cc1. The van der Waals surface area contributed by atoms with Crippen molar-refractivity contribution in [3.8, 4) is 17.2 Å². The molecule has 27 heavy (non-hydrogen) atoms. The van der Waals surface area contributed by atoms with Crippen LogP contribution in [0, 0.1) is 0 Å². The number of methoxy groups -OCH3 is 1. The van der Waals surface area contributed by atoms with Gasteiger partial charge in [-0.3, -0.25) is 4.79 Å². The van der Waals surface area contributed by atoms with Crippen LogP contribution >= 0.6 is 8.60 Å². The van der Waals surface area contributed by atoms with Gasteiger partial charge >= 0.3 is 8.60 Å². The van der Waals surface area contributed by atoms with Crippen LogP contribution in [-0.2, 0) is 4.74 Å². The van der Waals surface area contributed by atoms with E-state index in [9.17, 15) is 4.79 Å². The third-order valence-electron chi connectivity index (χ3n) is 2.97. The Morgan fingerprint density at radius 1 is 0.667 bits per heavy atom. The molecule has 5 nitrogen and oxygen atoms in total. The lowest BCUT2D eigenvalue weighted by Gasteiger charge is -2.17. The van der Waals surface area contributed by atoms with Crippen molar-refractivity contribution in [2.45, 2.75) is 0 Å². The van der Waals surface area contributed by atoms with Crippen molar-refractivity contribution < 1.29 is 23.1 Å². The summed E-state index contributed by atoms with van der Waals surface area (Å²) < 4.78 is 21.4. The minimum Gasteiger partial charge on any atom is -0.478 e. The molecule has 0 aliphatic rings. The van der Waals surface area contributed by atoms with E-state index in [1.807, 2.05) is 91.0 Å². The first-order chi connectivity index (χ1) is 13.2. The highest BCUT2D eigenvalue weighted by atomic mass is 31.2. The Morgan fingerprint density at radius 2 is 0.926 bits per heavy atom. The topological polar surface area (TPSA) is 54.0 Å². The summed E-state index contributed by atoms with van der Waals surface area (Å²) in [5.74, 6) is 1.38. The summed E-state index contributed by atoms with van der Waals surface area (Å²) in [7, 11) is 4.07. The minimum absolute atomic E-state index is 0.709. The van der Waals surface area contributed by atoms with Crippen LogP contribution < -0.4 is 13.6 Å². The molecular formula is C20H18BO5P. The average Bonchev–Trinajstić information content (AvgIpc) is 2.71. The summed E-state index contributed by atoms with van der Waals surface area (Å²) in [6.07, 6.45) is 0. The number of hydrogen-bond acceptors (Lipinski definition) is 5. The summed E-state index contributed by atoms with van der Waals surface area (Å²) in [5.41, 5.74) is 0. The van der Waals surface area contributed by atoms with E-state index < -0.39 is 14.5 Å². The van der Waals surface area contributed by atoms with Gasteiger partial charge in [-0.15, -0.1) is 0 Å². The Labute approximate surface area is 161 Å². The van der Waals surface area contributed by atoms with Gasteiger partial charge in [0.15, 0.2) is 0 Å². The molecule has 0 saturated heterocycles. The van der Waals surface area contributed by atoms with Crippen molar-refractivity contribution in [3.63, 3.8) is 0 Å². The molecule has 0 aliphatic carbocycles. The predicted octanol–water partition coefficient (Wildman–Crippen LogP) is 5.37. The molecule has 0 heterocycles. The van der Waals surface area contributed by atoms with Gasteiger partial charge in [0.1, 0.15) is 17.2 Å². The van der Waals surface area contributed by atoms with Crippen LogP contribution in [0.15, 0.2) is 91.0 Å². The van der Waals surface area contributed by atoms with Gasteiger partial charge in [0.05, 0.1) is 7.11 Å². The van der Waals surface area contributed by atoms with E-state index in [4.69, 9.17) is 13.6 Å². The fourth-order valence-electron chi connectivity index (χ4n) is 1.76. The normalized spacial score (nSPS) is 9.56. The second-order valence-corrected chi connectivity index (χ2v) is 5.95. The molecule has 3 rings (SSSR count). The highest BCUT2D eigenvalue weighted by Gasteiger charge is 2.19. The van der Waals surface area contributed by atoms with Crippen molar-refractivity contribution in [2.24, 2.45) is 0 Å². The number of para-hydroxylation sites is 3. The number of carbonyl (C=O) groups is 1. The molecule has 0 atom stereocenters. The van der Waals surface area contributed by atoms with Crippen molar-refractivity contribution in [1.29, 1.82) is 0 Å². The third-order valence-corrected chi connectivity index (χ3v) is 4.05. The third kappa shape index (κ3) is 8.30. The lowest BCUT2D eigenvalue weighted by molar-refractivity contribution is 0.198. The zero-order valence-electron chi connectivity index (χ0n) is 14.7. The molecule has 0 N–H and O–H groups in total. The molecule has 0 bridgehead atoms. The summed E-state index contributed by atoms with van der Waals surface area (Å²) in [5, 5.41) is 0. The average molecular weight is 380 g/mol. The summed E-state index contributed by atoms with van der Waals surface area (Å²) in [6.45, 7) is 0. The van der Waals surface area contributed by atoms with Crippen LogP contribution in [0.25, 0.3) is 0 Å². The maximum atomic E-state index is 9.37. The molecule has 0 amide bonds. The van der Waals surface area contributed by atoms with Crippen molar-refractivity contribution in [1.82, 2.24) is 0 Å². The lowest BCUT2D eigenvalue weighted by Crippen LogP contribution is -2.02. The first kappa shape index (κ1) is 20.3. The summed E-state index contributed by atoms with van der Waals surface area (Å²) >= 11 is 0. The minimum atomic E-state index is -1.59. The molecule has 0 fully saturated rings. The monoisotopic (exact) mass is 380 g/mol. The molecule has 0 aromatic heterocycles. The quantitative estimate of drug-likeness (QED) is 0.425. The van der Waals surface area contributed by atoms with Gasteiger partial charge in [0.25, 0.3) is 0 Å². The summed E-state index contributed by atoms with van der Waals surface area (Å²) in [4.78, 5) is 9.37. The standard InChI is InChI=1S/C18H15O3P.C2H3BO2/c1-4-10-16(11-5-1)19-22(20-17-12-6-2-7-13-17)21-18-14-8-3-9-15-18;1-5-2(3)4/h1-15H;1H3. The molecule has 0 spiro atoms. The van der Waals surface area contributed by atoms with Crippen LogP contribution in [0.4, 0.5) is 4.79 Å². The van der Waals surface area contributed by atoms with E-state index in [2.05, 4.69) is 12.6 Å². The van der Waals surface area contributed by atoms with Gasteiger partial charge in [-0.25, -0.2) is 0 Å². The highest BCUT2D eigenvalue weighted by molar-refractivity contribution is 7.43. The number of rotatable bonds is 6. The summed E-state index contributed by atoms with van der Waals surface area (Å²) in [6, 6.07) is 28.5. The van der Waals surface area contributed by atoms with E-state index >= 15 is 0 Å². The second kappa shape index (κ2) is 11.6. The van der Waals surface area contributed by atoms with Crippen LogP contribution in [0.1, 0.15) is 0 Å². The fraction of sp³-hybridized carbons (Fsp3) is 0.0500. The largest absolute Gasteiger partial charge is 0.530 e. The van der Waals surface area contributed by atoms with Crippen LogP contribution in [0.3, 0.4) is 0 Å². The Bertz CT molecular complexity index is 689. The van der Waals surface area contributed by atoms with Crippen LogP contribution in [-0.4, -0.2) is 20.8 Å². The smallest absolute Gasteiger partial charge is 0.478 e. The van der Waals surface area contributed by atoms with Gasteiger partial charge < -0.3 is 18.3 Å². The number of benzene rings is 3. The Balaban J connectivity index is 0.000000465. The zero-order valence-corrected chi connectivity index (χ0v) is 15.6. The second-order valence-electron chi connectivity index (χ2n) is 4.96. The molecular weight excluding hydrogens is 362 g/mol. The zero-order chi connectivity index (χ0) is 19.3. The molecule has 3 aromatic carbocycles. The van der Waals surface area contributed by atoms with E-state index in [1.165, 1.54) is 7.11 Å². The van der Waals surface area contributed by atoms with Crippen LogP contribution in [0.5, 0.6) is 17.2 Å². The number of hydrogen-bond donors (Lipinski definition) is 0. The Hall–Kier alpha value is -2.98. The van der Waals surface area contributed by atoms with Gasteiger partial charge in [-0.05, 0) is 36.4 Å². The lowest BCUT2D eigenvalue weighted by atomic mass is 10.2. The van der Waals surface area contributed by atoms with Crippen molar-refractivity contribution in [2.75, 3.05) is 7.11 Å². The van der Waals surface area contributed by atoms with E-state index in [0.717, 1.165) is 0 Å². The maximum absolute atomic E-state index is 9.37. The van der Waals surface area contributed by atoms with E-state index in [-0.39, 0.29) is 0 Å². The molecule has 0 aliphatic heterocycles. The molecule has 7 heteroatoms. The Kier molecular flexibility index (Phi) is 8.74. The van der Waals surface area contributed by atoms with Gasteiger partial charge in [0, 0.05) is 0 Å². The van der Waals surface area contributed by atoms with E-state index in [1.54, 1.807) is 0 Å². The fourth-order valence-corrected chi connectivity index (χ4v) is 2.75. The number of carbonyl (C=O) groups excluding carboxylic acids is 1. The molecule has 0 unspecified atom stereocenters. The molecule has 3 aromatic rings. The van der Waals surface area contributed by atoms with Crippen LogP contribution in [0.2, 0.25) is 0 Å². The van der Waals surface area contributed by atoms with Gasteiger partial charge in [0.2, 0.25) is 13.7 Å². The van der Waals surface area contributed by atoms with Gasteiger partial charge in [-0.2, -0.15) is 0 Å². The van der Waals surface area contributed by atoms with Crippen molar-refractivity contribution >= 4 is 22.3 Å². The highest BCUT2D eigenvalue weighted by Crippen LogP contribution is 2.41. The molecule has 0 saturated carbocycles. The first-order valence-corrected chi connectivity index (χ1v) is 9.09. The molecule has 2 radical (unpaired) electrons.